The van der Waals surface area contributed by atoms with Gasteiger partial charge in [0.25, 0.3) is 23.6 Å². The zero-order valence-electron chi connectivity index (χ0n) is 40.6. The van der Waals surface area contributed by atoms with Crippen LogP contribution in [0.4, 0.5) is 23.3 Å². The van der Waals surface area contributed by atoms with Gasteiger partial charge in [-0.1, -0.05) is 55.2 Å². The van der Waals surface area contributed by atoms with Gasteiger partial charge in [-0.15, -0.1) is 0 Å². The van der Waals surface area contributed by atoms with Crippen molar-refractivity contribution in [3.05, 3.63) is 145 Å². The van der Waals surface area contributed by atoms with E-state index < -0.39 is 0 Å². The number of imidazole rings is 2. The van der Waals surface area contributed by atoms with E-state index in [4.69, 9.17) is 21.4 Å². The Morgan fingerprint density at radius 1 is 0.595 bits per heavy atom. The summed E-state index contributed by atoms with van der Waals surface area (Å²) < 4.78 is 3.83. The SMILES string of the molecule is CCCC#CC(=O)N1CCC[C@H]1c1nc(-c2ccc(C(=O)Nc3ccccn3)cc2)c2c(N)nccn12.Nc1nccn2c([C@@H]3CCCN3C(=O)C#CC3CC3)nc(-c3ccc(C(=O)Nc4ccccn4)cc3)c12. The van der Waals surface area contributed by atoms with E-state index in [1.807, 2.05) is 69.4 Å². The van der Waals surface area contributed by atoms with Gasteiger partial charge < -0.3 is 31.9 Å². The first-order chi connectivity index (χ1) is 36.1. The number of benzene rings is 2. The molecule has 6 N–H and O–H groups in total. The summed E-state index contributed by atoms with van der Waals surface area (Å²) in [5, 5.41) is 5.57. The summed E-state index contributed by atoms with van der Waals surface area (Å²) >= 11 is 0. The Morgan fingerprint density at radius 2 is 1.07 bits per heavy atom. The molecule has 0 spiro atoms. The third-order valence-corrected chi connectivity index (χ3v) is 13.0. The van der Waals surface area contributed by atoms with Crippen LogP contribution in [0.15, 0.2) is 122 Å². The van der Waals surface area contributed by atoms with E-state index in [1.165, 1.54) is 0 Å². The topological polar surface area (TPSA) is 237 Å². The van der Waals surface area contributed by atoms with E-state index in [1.54, 1.807) is 78.2 Å². The number of carbonyl (C=O) groups is 4. The van der Waals surface area contributed by atoms with E-state index in [2.05, 4.69) is 54.3 Å². The lowest BCUT2D eigenvalue weighted by Crippen LogP contribution is -2.30. The highest BCUT2D eigenvalue weighted by atomic mass is 16.2. The second kappa shape index (κ2) is 21.5. The van der Waals surface area contributed by atoms with Crippen LogP contribution in [0.1, 0.15) is 103 Å². The third kappa shape index (κ3) is 10.3. The van der Waals surface area contributed by atoms with Crippen LogP contribution >= 0.6 is 0 Å². The number of carbonyl (C=O) groups excluding carboxylic acids is 4. The van der Waals surface area contributed by atoms with E-state index in [0.29, 0.717) is 82.2 Å². The standard InChI is InChI=1S/C28H25N7O2.C28H27N7O2/c29-26-25-24(19-9-11-20(12-10-19)28(37)32-22-5-1-2-14-30-22)33-27(35(25)17-15-31-26)21-4-3-16-34(21)23(36)13-8-18-6-7-18;1-2-3-4-10-23(36)34-17-7-8-21(34)27-33-24(25-26(29)31-16-18-35(25)27)19-11-13-20(14-12-19)28(37)32-22-9-5-6-15-30-22/h1-2,5,9-12,14-15,17-18,21H,3-4,6-7,16H2,(H2,29,31)(H,30,32,37);5-6,9,11-16,18,21H,2-3,7-8,17H2,1H3,(H2,29,31)(H,30,32,37)/t2*21-/m00/s1. The summed E-state index contributed by atoms with van der Waals surface area (Å²) in [7, 11) is 0. The van der Waals surface area contributed by atoms with Gasteiger partial charge in [0.1, 0.15) is 57.3 Å². The number of aromatic nitrogens is 8. The number of nitrogens with one attached hydrogen (secondary N) is 2. The van der Waals surface area contributed by atoms with Crippen LogP contribution in [0.2, 0.25) is 0 Å². The molecule has 0 unspecified atom stereocenters. The molecule has 3 fully saturated rings. The highest BCUT2D eigenvalue weighted by molar-refractivity contribution is 6.05. The van der Waals surface area contributed by atoms with Crippen LogP contribution < -0.4 is 22.1 Å². The Labute approximate surface area is 426 Å². The van der Waals surface area contributed by atoms with Gasteiger partial charge in [-0.25, -0.2) is 29.9 Å². The number of likely N-dealkylation sites (tertiary alicyclic amines) is 2. The molecule has 8 heterocycles. The molecule has 370 valence electrons. The zero-order valence-corrected chi connectivity index (χ0v) is 40.6. The van der Waals surface area contributed by atoms with Crippen LogP contribution in [0.3, 0.4) is 0 Å². The minimum absolute atomic E-state index is 0.155. The number of anilines is 4. The van der Waals surface area contributed by atoms with Crippen molar-refractivity contribution in [1.29, 1.82) is 0 Å². The number of nitrogens with two attached hydrogens (primary N) is 2. The fourth-order valence-corrected chi connectivity index (χ4v) is 9.21. The molecule has 3 aliphatic rings. The molecule has 2 saturated heterocycles. The largest absolute Gasteiger partial charge is 0.382 e. The molecule has 2 aromatic carbocycles. The first-order valence-electron chi connectivity index (χ1n) is 24.7. The van der Waals surface area contributed by atoms with Gasteiger partial charge in [-0.3, -0.25) is 28.0 Å². The predicted molar refractivity (Wildman–Crippen MR) is 281 cm³/mol. The summed E-state index contributed by atoms with van der Waals surface area (Å²) in [5.41, 5.74) is 17.8. The minimum Gasteiger partial charge on any atom is -0.382 e. The number of unbranched alkanes of at least 4 members (excludes halogenated alkanes) is 1. The molecular weight excluding hydrogens is 933 g/mol. The van der Waals surface area contributed by atoms with Crippen molar-refractivity contribution in [3.8, 4) is 46.2 Å². The number of amides is 4. The quantitative estimate of drug-likeness (QED) is 0.101. The average molecular weight is 985 g/mol. The van der Waals surface area contributed by atoms with Crippen LogP contribution in [0.25, 0.3) is 33.5 Å². The monoisotopic (exact) mass is 984 g/mol. The molecule has 18 nitrogen and oxygen atoms in total. The number of rotatable bonds is 9. The normalized spacial score (nSPS) is 15.9. The van der Waals surface area contributed by atoms with Gasteiger partial charge in [-0.2, -0.15) is 0 Å². The van der Waals surface area contributed by atoms with Gasteiger partial charge in [0.2, 0.25) is 0 Å². The van der Waals surface area contributed by atoms with Crippen molar-refractivity contribution in [2.24, 2.45) is 5.92 Å². The minimum atomic E-state index is -0.258. The van der Waals surface area contributed by atoms with Crippen LogP contribution in [0, 0.1) is 29.6 Å². The summed E-state index contributed by atoms with van der Waals surface area (Å²) in [6, 6.07) is 24.5. The van der Waals surface area contributed by atoms with Crippen molar-refractivity contribution in [2.75, 3.05) is 35.2 Å². The molecule has 1 aliphatic carbocycles. The van der Waals surface area contributed by atoms with Gasteiger partial charge in [0.05, 0.1) is 12.1 Å². The number of fused-ring (bicyclic) bond motifs is 2. The Bertz CT molecular complexity index is 3520. The number of pyridine rings is 2. The highest BCUT2D eigenvalue weighted by Crippen LogP contribution is 2.38. The number of hydrogen-bond donors (Lipinski definition) is 4. The molecule has 0 radical (unpaired) electrons. The smallest absolute Gasteiger partial charge is 0.299 e. The van der Waals surface area contributed by atoms with Gasteiger partial charge in [0.15, 0.2) is 0 Å². The molecule has 4 amide bonds. The summed E-state index contributed by atoms with van der Waals surface area (Å²) in [4.78, 5) is 81.4. The van der Waals surface area contributed by atoms with E-state index in [-0.39, 0.29) is 35.7 Å². The molecule has 18 heteroatoms. The average Bonchev–Trinajstić information content (AvgIpc) is 3.77. The van der Waals surface area contributed by atoms with Crippen LogP contribution in [0.5, 0.6) is 0 Å². The maximum Gasteiger partial charge on any atom is 0.299 e. The molecule has 11 rings (SSSR count). The Hall–Kier alpha value is -9.42. The van der Waals surface area contributed by atoms with E-state index in [0.717, 1.165) is 67.7 Å². The van der Waals surface area contributed by atoms with Gasteiger partial charge >= 0.3 is 0 Å². The van der Waals surface area contributed by atoms with Crippen molar-refractivity contribution in [3.63, 3.8) is 0 Å². The molecule has 0 bridgehead atoms. The number of hydrogen-bond acceptors (Lipinski definition) is 12. The lowest BCUT2D eigenvalue weighted by molar-refractivity contribution is -0.126. The second-order valence-corrected chi connectivity index (χ2v) is 18.1. The maximum absolute atomic E-state index is 12.9. The molecular formula is C56H52N14O4. The number of nitrogens with zero attached hydrogens (tertiary/aromatic N) is 10. The summed E-state index contributed by atoms with van der Waals surface area (Å²) in [6.45, 7) is 3.32. The zero-order chi connectivity index (χ0) is 51.1. The molecule has 8 aromatic rings. The summed E-state index contributed by atoms with van der Waals surface area (Å²) in [5.74, 6) is 14.3. The fourth-order valence-electron chi connectivity index (χ4n) is 9.21. The second-order valence-electron chi connectivity index (χ2n) is 18.1. The van der Waals surface area contributed by atoms with Crippen molar-refractivity contribution < 1.29 is 19.2 Å². The Kier molecular flexibility index (Phi) is 14.0. The molecule has 6 aromatic heterocycles. The number of nitrogen functional groups attached to an aromatic ring is 2. The Morgan fingerprint density at radius 3 is 1.50 bits per heavy atom. The van der Waals surface area contributed by atoms with E-state index in [9.17, 15) is 19.2 Å². The molecule has 2 atom stereocenters. The fraction of sp³-hybridized carbons (Fsp3) is 0.250. The lowest BCUT2D eigenvalue weighted by Gasteiger charge is -2.21. The first-order valence-corrected chi connectivity index (χ1v) is 24.7. The summed E-state index contributed by atoms with van der Waals surface area (Å²) in [6.07, 6.45) is 17.2. The van der Waals surface area contributed by atoms with Crippen molar-refractivity contribution in [2.45, 2.75) is 70.4 Å². The molecule has 1 saturated carbocycles. The van der Waals surface area contributed by atoms with Gasteiger partial charge in [0, 0.05) is 84.9 Å². The molecule has 2 aliphatic heterocycles. The first kappa shape index (κ1) is 48.2. The highest BCUT2D eigenvalue weighted by Gasteiger charge is 2.35. The van der Waals surface area contributed by atoms with Gasteiger partial charge in [-0.05, 0) is 105 Å². The van der Waals surface area contributed by atoms with E-state index >= 15 is 0 Å². The van der Waals surface area contributed by atoms with Crippen molar-refractivity contribution >= 4 is 57.9 Å². The van der Waals surface area contributed by atoms with Crippen LogP contribution in [-0.4, -0.2) is 85.2 Å². The Balaban J connectivity index is 0.000000169. The van der Waals surface area contributed by atoms with Crippen molar-refractivity contribution in [1.82, 2.24) is 48.5 Å². The predicted octanol–water partition coefficient (Wildman–Crippen LogP) is 7.80. The third-order valence-electron chi connectivity index (χ3n) is 13.0. The maximum atomic E-state index is 12.9. The van der Waals surface area contributed by atoms with Crippen LogP contribution in [-0.2, 0) is 9.59 Å². The lowest BCUT2D eigenvalue weighted by atomic mass is 10.1. The molecule has 74 heavy (non-hydrogen) atoms.